The summed E-state index contributed by atoms with van der Waals surface area (Å²) in [5.41, 5.74) is 7.30. The first-order chi connectivity index (χ1) is 10.8. The van der Waals surface area contributed by atoms with E-state index in [2.05, 4.69) is 72.8 Å². The van der Waals surface area contributed by atoms with Crippen molar-refractivity contribution in [2.75, 3.05) is 5.01 Å². The quantitative estimate of drug-likeness (QED) is 0.890. The van der Waals surface area contributed by atoms with Crippen molar-refractivity contribution in [3.63, 3.8) is 0 Å². The van der Waals surface area contributed by atoms with Crippen LogP contribution in [0.3, 0.4) is 0 Å². The van der Waals surface area contributed by atoms with Crippen LogP contribution in [0, 0.1) is 6.92 Å². The SMILES string of the molecule is CCC1=NC(SCc2cccc(C)c2)N(c2ccccc2)N1. The highest BCUT2D eigenvalue weighted by Gasteiger charge is 2.25. The molecule has 0 saturated heterocycles. The molecule has 1 heterocycles. The number of para-hydroxylation sites is 1. The van der Waals surface area contributed by atoms with Crippen LogP contribution >= 0.6 is 11.8 Å². The van der Waals surface area contributed by atoms with Crippen LogP contribution in [0.2, 0.25) is 0 Å². The molecule has 0 aromatic heterocycles. The molecule has 1 atom stereocenters. The number of hydrogen-bond donors (Lipinski definition) is 1. The predicted octanol–water partition coefficient (Wildman–Crippen LogP) is 4.35. The van der Waals surface area contributed by atoms with Gasteiger partial charge in [0, 0.05) is 12.2 Å². The molecule has 0 amide bonds. The van der Waals surface area contributed by atoms with Crippen molar-refractivity contribution in [3.05, 3.63) is 65.7 Å². The summed E-state index contributed by atoms with van der Waals surface area (Å²) in [5.74, 6) is 2.00. The maximum atomic E-state index is 4.80. The highest BCUT2D eigenvalue weighted by atomic mass is 32.2. The van der Waals surface area contributed by atoms with Gasteiger partial charge in [-0.3, -0.25) is 10.4 Å². The molecule has 3 nitrogen and oxygen atoms in total. The van der Waals surface area contributed by atoms with Crippen molar-refractivity contribution in [3.8, 4) is 0 Å². The van der Waals surface area contributed by atoms with E-state index in [0.717, 1.165) is 23.7 Å². The maximum absolute atomic E-state index is 4.80. The van der Waals surface area contributed by atoms with Crippen molar-refractivity contribution in [2.24, 2.45) is 4.99 Å². The van der Waals surface area contributed by atoms with Gasteiger partial charge < -0.3 is 0 Å². The summed E-state index contributed by atoms with van der Waals surface area (Å²) in [5, 5.41) is 2.15. The first-order valence-electron chi connectivity index (χ1n) is 7.61. The minimum atomic E-state index is 0.0814. The van der Waals surface area contributed by atoms with Crippen LogP contribution in [-0.4, -0.2) is 11.3 Å². The minimum Gasteiger partial charge on any atom is -0.283 e. The van der Waals surface area contributed by atoms with Crippen LogP contribution in [0.5, 0.6) is 0 Å². The van der Waals surface area contributed by atoms with Gasteiger partial charge in [0.2, 0.25) is 0 Å². The topological polar surface area (TPSA) is 27.6 Å². The number of aliphatic imine (C=N–C) groups is 1. The lowest BCUT2D eigenvalue weighted by atomic mass is 10.2. The number of nitrogens with one attached hydrogen (secondary N) is 1. The number of nitrogens with zero attached hydrogens (tertiary/aromatic N) is 2. The Morgan fingerprint density at radius 1 is 1.14 bits per heavy atom. The van der Waals surface area contributed by atoms with Crippen LogP contribution in [-0.2, 0) is 5.75 Å². The molecule has 0 aliphatic carbocycles. The largest absolute Gasteiger partial charge is 0.283 e. The maximum Gasteiger partial charge on any atom is 0.189 e. The number of aryl methyl sites for hydroxylation is 1. The average Bonchev–Trinajstić information content (AvgIpc) is 2.97. The van der Waals surface area contributed by atoms with Gasteiger partial charge in [-0.25, -0.2) is 4.99 Å². The molecule has 0 saturated carbocycles. The molecule has 2 aromatic carbocycles. The van der Waals surface area contributed by atoms with E-state index in [1.165, 1.54) is 11.1 Å². The summed E-state index contributed by atoms with van der Waals surface area (Å²) < 4.78 is 0. The Morgan fingerprint density at radius 3 is 2.68 bits per heavy atom. The number of rotatable bonds is 5. The van der Waals surface area contributed by atoms with E-state index in [-0.39, 0.29) is 5.50 Å². The Bertz CT molecular complexity index is 654. The van der Waals surface area contributed by atoms with Crippen molar-refractivity contribution >= 4 is 23.3 Å². The Kier molecular flexibility index (Phi) is 4.68. The first-order valence-corrected chi connectivity index (χ1v) is 8.66. The second-order valence-corrected chi connectivity index (χ2v) is 6.42. The molecular weight excluding hydrogens is 290 g/mol. The molecule has 114 valence electrons. The fraction of sp³-hybridized carbons (Fsp3) is 0.278. The number of benzene rings is 2. The normalized spacial score (nSPS) is 17.3. The minimum absolute atomic E-state index is 0.0814. The summed E-state index contributed by atoms with van der Waals surface area (Å²) in [6, 6.07) is 19.1. The van der Waals surface area contributed by atoms with Gasteiger partial charge in [0.05, 0.1) is 5.69 Å². The van der Waals surface area contributed by atoms with Gasteiger partial charge in [0.15, 0.2) is 5.50 Å². The predicted molar refractivity (Wildman–Crippen MR) is 96.0 cm³/mol. The molecule has 4 heteroatoms. The molecular formula is C18H21N3S. The lowest BCUT2D eigenvalue weighted by Crippen LogP contribution is -2.39. The highest BCUT2D eigenvalue weighted by Crippen LogP contribution is 2.28. The first kappa shape index (κ1) is 15.0. The van der Waals surface area contributed by atoms with Crippen molar-refractivity contribution in [1.29, 1.82) is 0 Å². The monoisotopic (exact) mass is 311 g/mol. The van der Waals surface area contributed by atoms with E-state index in [4.69, 9.17) is 4.99 Å². The summed E-state index contributed by atoms with van der Waals surface area (Å²) in [6.45, 7) is 4.26. The van der Waals surface area contributed by atoms with Gasteiger partial charge in [0.1, 0.15) is 5.84 Å². The zero-order valence-corrected chi connectivity index (χ0v) is 13.8. The molecule has 2 aromatic rings. The molecule has 0 fully saturated rings. The Hall–Kier alpha value is -1.94. The fourth-order valence-electron chi connectivity index (χ4n) is 2.45. The van der Waals surface area contributed by atoms with Crippen LogP contribution in [0.15, 0.2) is 59.6 Å². The smallest absolute Gasteiger partial charge is 0.189 e. The number of hydrazine groups is 1. The van der Waals surface area contributed by atoms with Gasteiger partial charge >= 0.3 is 0 Å². The van der Waals surface area contributed by atoms with E-state index in [1.54, 1.807) is 0 Å². The molecule has 1 N–H and O–H groups in total. The molecule has 3 rings (SSSR count). The van der Waals surface area contributed by atoms with Gasteiger partial charge in [-0.1, -0.05) is 55.0 Å². The molecule has 22 heavy (non-hydrogen) atoms. The Labute approximate surface area is 136 Å². The molecule has 0 radical (unpaired) electrons. The lowest BCUT2D eigenvalue weighted by Gasteiger charge is -2.25. The zero-order chi connectivity index (χ0) is 15.4. The van der Waals surface area contributed by atoms with Crippen LogP contribution in [0.4, 0.5) is 5.69 Å². The van der Waals surface area contributed by atoms with Crippen molar-refractivity contribution in [1.82, 2.24) is 5.43 Å². The van der Waals surface area contributed by atoms with Gasteiger partial charge in [0.25, 0.3) is 0 Å². The Morgan fingerprint density at radius 2 is 1.95 bits per heavy atom. The Balaban J connectivity index is 1.73. The third kappa shape index (κ3) is 3.45. The summed E-state index contributed by atoms with van der Waals surface area (Å²) >= 11 is 1.84. The second-order valence-electron chi connectivity index (χ2n) is 5.37. The van der Waals surface area contributed by atoms with Crippen LogP contribution in [0.1, 0.15) is 24.5 Å². The van der Waals surface area contributed by atoms with E-state index in [9.17, 15) is 0 Å². The standard InChI is InChI=1S/C18H21N3S/c1-3-17-19-18(21(20-17)16-10-5-4-6-11-16)22-13-15-9-7-8-14(2)12-15/h4-12,18H,3,13H2,1-2H3,(H,19,20). The van der Waals surface area contributed by atoms with Gasteiger partial charge in [-0.15, -0.1) is 11.8 Å². The number of amidine groups is 1. The third-order valence-corrected chi connectivity index (χ3v) is 4.70. The summed E-state index contributed by atoms with van der Waals surface area (Å²) in [7, 11) is 0. The highest BCUT2D eigenvalue weighted by molar-refractivity contribution is 7.99. The van der Waals surface area contributed by atoms with E-state index in [0.29, 0.717) is 0 Å². The number of hydrogen-bond acceptors (Lipinski definition) is 4. The number of anilines is 1. The third-order valence-electron chi connectivity index (χ3n) is 3.59. The average molecular weight is 311 g/mol. The van der Waals surface area contributed by atoms with E-state index in [1.807, 2.05) is 17.8 Å². The summed E-state index contributed by atoms with van der Waals surface area (Å²) in [6.07, 6.45) is 0.921. The molecule has 1 unspecified atom stereocenters. The van der Waals surface area contributed by atoms with Crippen molar-refractivity contribution < 1.29 is 0 Å². The molecule has 0 bridgehead atoms. The second kappa shape index (κ2) is 6.88. The van der Waals surface area contributed by atoms with E-state index >= 15 is 0 Å². The van der Waals surface area contributed by atoms with Gasteiger partial charge in [-0.05, 0) is 24.6 Å². The van der Waals surface area contributed by atoms with E-state index < -0.39 is 0 Å². The van der Waals surface area contributed by atoms with Crippen LogP contribution in [0.25, 0.3) is 0 Å². The van der Waals surface area contributed by atoms with Crippen molar-refractivity contribution in [2.45, 2.75) is 31.5 Å². The van der Waals surface area contributed by atoms with Gasteiger partial charge in [-0.2, -0.15) is 0 Å². The molecule has 0 spiro atoms. The summed E-state index contributed by atoms with van der Waals surface area (Å²) in [4.78, 5) is 4.80. The fourth-order valence-corrected chi connectivity index (χ4v) is 3.50. The molecule has 1 aliphatic rings. The van der Waals surface area contributed by atoms with Crippen LogP contribution < -0.4 is 10.4 Å². The zero-order valence-electron chi connectivity index (χ0n) is 13.0. The molecule has 1 aliphatic heterocycles. The lowest BCUT2D eigenvalue weighted by molar-refractivity contribution is 0.796. The number of thioether (sulfide) groups is 1.